The Balaban J connectivity index is 2.71. The molecule has 0 aliphatic rings. The molecule has 0 aromatic heterocycles. The van der Waals surface area contributed by atoms with Crippen LogP contribution in [0.4, 0.5) is 5.69 Å². The molecule has 17 heavy (non-hydrogen) atoms. The van der Waals surface area contributed by atoms with Gasteiger partial charge in [-0.15, -0.1) is 0 Å². The van der Waals surface area contributed by atoms with Crippen LogP contribution in [0.15, 0.2) is 24.3 Å². The van der Waals surface area contributed by atoms with Crippen molar-refractivity contribution in [3.05, 3.63) is 29.8 Å². The number of aliphatic carboxylic acids is 1. The molecule has 0 aliphatic heterocycles. The van der Waals surface area contributed by atoms with Crippen LogP contribution in [-0.2, 0) is 14.3 Å². The quantitative estimate of drug-likeness (QED) is 0.601. The molecule has 0 saturated heterocycles. The summed E-state index contributed by atoms with van der Waals surface area (Å²) in [5.74, 6) is -3.17. The second-order valence-corrected chi connectivity index (χ2v) is 3.06. The largest absolute Gasteiger partial charge is 0.474 e. The maximum Gasteiger partial charge on any atom is 0.394 e. The van der Waals surface area contributed by atoms with Gasteiger partial charge < -0.3 is 15.2 Å². The molecule has 0 heterocycles. The van der Waals surface area contributed by atoms with Crippen molar-refractivity contribution in [1.29, 1.82) is 0 Å². The molecule has 1 rings (SSSR count). The van der Waals surface area contributed by atoms with Gasteiger partial charge >= 0.3 is 17.8 Å². The van der Waals surface area contributed by atoms with Crippen LogP contribution < -0.4 is 5.32 Å². The SMILES string of the molecule is CCOC(=O)c1ccc(NC(=O)C(=O)O)cc1. The summed E-state index contributed by atoms with van der Waals surface area (Å²) in [5.41, 5.74) is 0.630. The normalized spacial score (nSPS) is 9.47. The van der Waals surface area contributed by atoms with Gasteiger partial charge in [0.2, 0.25) is 0 Å². The third-order valence-corrected chi connectivity index (χ3v) is 1.85. The summed E-state index contributed by atoms with van der Waals surface area (Å²) >= 11 is 0. The number of carbonyl (C=O) groups is 3. The number of hydrogen-bond acceptors (Lipinski definition) is 4. The summed E-state index contributed by atoms with van der Waals surface area (Å²) in [5, 5.41) is 10.5. The van der Waals surface area contributed by atoms with E-state index in [1.165, 1.54) is 24.3 Å². The van der Waals surface area contributed by atoms with Crippen LogP contribution in [0.3, 0.4) is 0 Å². The second-order valence-electron chi connectivity index (χ2n) is 3.06. The highest BCUT2D eigenvalue weighted by atomic mass is 16.5. The zero-order chi connectivity index (χ0) is 12.8. The van der Waals surface area contributed by atoms with Crippen LogP contribution in [0.2, 0.25) is 0 Å². The number of carboxylic acid groups (broad SMARTS) is 1. The summed E-state index contributed by atoms with van der Waals surface area (Å²) in [7, 11) is 0. The van der Waals surface area contributed by atoms with Crippen molar-refractivity contribution < 1.29 is 24.2 Å². The van der Waals surface area contributed by atoms with Crippen LogP contribution in [0.1, 0.15) is 17.3 Å². The molecule has 0 saturated carbocycles. The Hall–Kier alpha value is -2.37. The van der Waals surface area contributed by atoms with Gasteiger partial charge in [0.25, 0.3) is 0 Å². The van der Waals surface area contributed by atoms with Gasteiger partial charge in [-0.2, -0.15) is 0 Å². The maximum atomic E-state index is 11.3. The lowest BCUT2D eigenvalue weighted by molar-refractivity contribution is -0.147. The van der Waals surface area contributed by atoms with Crippen LogP contribution in [0.5, 0.6) is 0 Å². The molecule has 0 fully saturated rings. The van der Waals surface area contributed by atoms with E-state index in [1.807, 2.05) is 0 Å². The van der Waals surface area contributed by atoms with Gasteiger partial charge in [0.1, 0.15) is 0 Å². The Morgan fingerprint density at radius 2 is 1.82 bits per heavy atom. The van der Waals surface area contributed by atoms with Crippen molar-refractivity contribution in [2.75, 3.05) is 11.9 Å². The maximum absolute atomic E-state index is 11.3. The molecule has 2 N–H and O–H groups in total. The fourth-order valence-corrected chi connectivity index (χ4v) is 1.09. The number of amides is 1. The lowest BCUT2D eigenvalue weighted by atomic mass is 10.2. The summed E-state index contributed by atoms with van der Waals surface area (Å²) in [6.07, 6.45) is 0. The van der Waals surface area contributed by atoms with E-state index in [0.717, 1.165) is 0 Å². The van der Waals surface area contributed by atoms with Gasteiger partial charge in [-0.25, -0.2) is 9.59 Å². The number of rotatable bonds is 3. The average Bonchev–Trinajstić information content (AvgIpc) is 2.30. The third kappa shape index (κ3) is 3.60. The highest BCUT2D eigenvalue weighted by Crippen LogP contribution is 2.10. The Morgan fingerprint density at radius 1 is 1.24 bits per heavy atom. The Morgan fingerprint density at radius 3 is 2.29 bits per heavy atom. The molecule has 0 atom stereocenters. The topological polar surface area (TPSA) is 92.7 Å². The zero-order valence-corrected chi connectivity index (χ0v) is 9.10. The second kappa shape index (κ2) is 5.64. The van der Waals surface area contributed by atoms with Crippen LogP contribution in [0, 0.1) is 0 Å². The van der Waals surface area contributed by atoms with E-state index >= 15 is 0 Å². The first kappa shape index (κ1) is 12.7. The van der Waals surface area contributed by atoms with Crippen molar-refractivity contribution in [2.45, 2.75) is 6.92 Å². The number of carbonyl (C=O) groups excluding carboxylic acids is 2. The predicted molar refractivity (Wildman–Crippen MR) is 58.7 cm³/mol. The zero-order valence-electron chi connectivity index (χ0n) is 9.10. The average molecular weight is 237 g/mol. The van der Waals surface area contributed by atoms with Crippen LogP contribution >= 0.6 is 0 Å². The van der Waals surface area contributed by atoms with Crippen LogP contribution in [0.25, 0.3) is 0 Å². The van der Waals surface area contributed by atoms with Crippen LogP contribution in [-0.4, -0.2) is 29.6 Å². The molecular weight excluding hydrogens is 226 g/mol. The van der Waals surface area contributed by atoms with E-state index in [0.29, 0.717) is 11.3 Å². The number of carboxylic acids is 1. The first-order valence-corrected chi connectivity index (χ1v) is 4.86. The number of nitrogens with one attached hydrogen (secondary N) is 1. The van der Waals surface area contributed by atoms with Gasteiger partial charge in [0.15, 0.2) is 0 Å². The first-order chi connectivity index (χ1) is 8.04. The van der Waals surface area contributed by atoms with Crippen molar-refractivity contribution in [2.24, 2.45) is 0 Å². The molecule has 1 aromatic carbocycles. The summed E-state index contributed by atoms with van der Waals surface area (Å²) in [4.78, 5) is 32.4. The van der Waals surface area contributed by atoms with E-state index in [9.17, 15) is 14.4 Å². The smallest absolute Gasteiger partial charge is 0.394 e. The van der Waals surface area contributed by atoms with Gasteiger partial charge in [0.05, 0.1) is 12.2 Å². The molecule has 0 spiro atoms. The molecule has 0 radical (unpaired) electrons. The van der Waals surface area contributed by atoms with Crippen molar-refractivity contribution >= 4 is 23.5 Å². The lowest BCUT2D eigenvalue weighted by Gasteiger charge is -2.04. The molecule has 6 nitrogen and oxygen atoms in total. The summed E-state index contributed by atoms with van der Waals surface area (Å²) in [6, 6.07) is 5.73. The van der Waals surface area contributed by atoms with Crippen molar-refractivity contribution in [3.63, 3.8) is 0 Å². The predicted octanol–water partition coefficient (Wildman–Crippen LogP) is 0.886. The number of ether oxygens (including phenoxy) is 1. The minimum Gasteiger partial charge on any atom is -0.474 e. The summed E-state index contributed by atoms with van der Waals surface area (Å²) < 4.78 is 4.77. The standard InChI is InChI=1S/C11H11NO5/c1-2-17-11(16)7-3-5-8(6-4-7)12-9(13)10(14)15/h3-6H,2H2,1H3,(H,12,13)(H,14,15). The lowest BCUT2D eigenvalue weighted by Crippen LogP contribution is -2.21. The van der Waals surface area contributed by atoms with Gasteiger partial charge in [0, 0.05) is 5.69 Å². The molecule has 6 heteroatoms. The Kier molecular flexibility index (Phi) is 4.21. The first-order valence-electron chi connectivity index (χ1n) is 4.86. The fourth-order valence-electron chi connectivity index (χ4n) is 1.09. The van der Waals surface area contributed by atoms with E-state index in [4.69, 9.17) is 9.84 Å². The van der Waals surface area contributed by atoms with E-state index in [2.05, 4.69) is 5.32 Å². The van der Waals surface area contributed by atoms with Gasteiger partial charge in [-0.05, 0) is 31.2 Å². The molecule has 1 amide bonds. The summed E-state index contributed by atoms with van der Waals surface area (Å²) in [6.45, 7) is 1.97. The number of benzene rings is 1. The van der Waals surface area contributed by atoms with E-state index in [1.54, 1.807) is 6.92 Å². The molecule has 0 bridgehead atoms. The molecule has 0 aliphatic carbocycles. The highest BCUT2D eigenvalue weighted by Gasteiger charge is 2.11. The Bertz CT molecular complexity index is 438. The number of anilines is 1. The number of esters is 1. The fraction of sp³-hybridized carbons (Fsp3) is 0.182. The van der Waals surface area contributed by atoms with Crippen molar-refractivity contribution in [1.82, 2.24) is 0 Å². The van der Waals surface area contributed by atoms with Gasteiger partial charge in [-0.3, -0.25) is 4.79 Å². The molecule has 90 valence electrons. The molecular formula is C11H11NO5. The van der Waals surface area contributed by atoms with Gasteiger partial charge in [-0.1, -0.05) is 0 Å². The Labute approximate surface area is 97.2 Å². The van der Waals surface area contributed by atoms with E-state index in [-0.39, 0.29) is 6.61 Å². The van der Waals surface area contributed by atoms with Crippen molar-refractivity contribution in [3.8, 4) is 0 Å². The monoisotopic (exact) mass is 237 g/mol. The van der Waals surface area contributed by atoms with E-state index < -0.39 is 17.8 Å². The third-order valence-electron chi connectivity index (χ3n) is 1.85. The minimum absolute atomic E-state index is 0.274. The minimum atomic E-state index is -1.57. The number of hydrogen-bond donors (Lipinski definition) is 2. The molecule has 0 unspecified atom stereocenters. The highest BCUT2D eigenvalue weighted by molar-refractivity contribution is 6.36. The molecule has 1 aromatic rings.